The van der Waals surface area contributed by atoms with Crippen molar-refractivity contribution < 1.29 is 19.0 Å². The molecule has 5 rings (SSSR count). The smallest absolute Gasteiger partial charge is 0.449 e. The fourth-order valence-corrected chi connectivity index (χ4v) is 5.55. The summed E-state index contributed by atoms with van der Waals surface area (Å²) in [5, 5.41) is 9.11. The molecule has 1 saturated heterocycles. The Morgan fingerprint density at radius 1 is 1.45 bits per heavy atom. The summed E-state index contributed by atoms with van der Waals surface area (Å²) in [6, 6.07) is 1.33. The maximum absolute atomic E-state index is 15.2. The second-order valence-corrected chi connectivity index (χ2v) is 9.13. The Hall–Kier alpha value is -2.32. The molecule has 0 unspecified atom stereocenters. The van der Waals surface area contributed by atoms with Crippen molar-refractivity contribution in [3.8, 4) is 5.75 Å². The highest BCUT2D eigenvalue weighted by Gasteiger charge is 2.55. The minimum absolute atomic E-state index is 0.0204. The molecule has 3 fully saturated rings. The molecule has 9 heteroatoms. The number of hydrogen-bond donors (Lipinski definition) is 2. The summed E-state index contributed by atoms with van der Waals surface area (Å²) in [5.74, 6) is -0.670. The van der Waals surface area contributed by atoms with Gasteiger partial charge < -0.3 is 25.0 Å². The number of rotatable bonds is 3. The second kappa shape index (κ2) is 6.09. The van der Waals surface area contributed by atoms with Gasteiger partial charge in [-0.3, -0.25) is 4.79 Å². The van der Waals surface area contributed by atoms with Crippen LogP contribution in [0.5, 0.6) is 5.75 Å². The number of pyridine rings is 1. The van der Waals surface area contributed by atoms with E-state index in [9.17, 15) is 9.59 Å². The van der Waals surface area contributed by atoms with E-state index in [0.717, 1.165) is 25.3 Å². The van der Waals surface area contributed by atoms with Gasteiger partial charge in [-0.15, -0.1) is 0 Å². The van der Waals surface area contributed by atoms with E-state index in [2.05, 4.69) is 11.7 Å². The molecule has 1 aromatic carbocycles. The van der Waals surface area contributed by atoms with Crippen LogP contribution in [0.15, 0.2) is 17.1 Å². The van der Waals surface area contributed by atoms with Gasteiger partial charge in [-0.2, -0.15) is 0 Å². The van der Waals surface area contributed by atoms with E-state index >= 15 is 4.39 Å². The summed E-state index contributed by atoms with van der Waals surface area (Å²) in [4.78, 5) is 25.6. The largest absolute Gasteiger partial charge is 0.511 e. The summed E-state index contributed by atoms with van der Waals surface area (Å²) < 4.78 is 21.6. The number of anilines is 1. The number of nitrogens with zero attached hydrogens (tertiary/aromatic N) is 2. The lowest BCUT2D eigenvalue weighted by atomic mass is 9.60. The molecule has 2 aromatic rings. The van der Waals surface area contributed by atoms with E-state index in [-0.39, 0.29) is 45.3 Å². The van der Waals surface area contributed by atoms with E-state index in [4.69, 9.17) is 22.4 Å². The number of nitrogens with two attached hydrogens (primary N) is 1. The van der Waals surface area contributed by atoms with E-state index in [1.807, 2.05) is 4.90 Å². The second-order valence-electron chi connectivity index (χ2n) is 8.76. The average molecular weight is 422 g/mol. The number of halogens is 2. The number of aromatic nitrogens is 1. The van der Waals surface area contributed by atoms with Gasteiger partial charge in [0.2, 0.25) is 5.43 Å². The number of ether oxygens (including phenoxy) is 1. The zero-order valence-corrected chi connectivity index (χ0v) is 16.6. The van der Waals surface area contributed by atoms with Gasteiger partial charge in [0.1, 0.15) is 5.82 Å². The fraction of sp³-hybridized carbons (Fsp3) is 0.500. The van der Waals surface area contributed by atoms with E-state index in [1.54, 1.807) is 4.57 Å². The molecule has 0 radical (unpaired) electrons. The van der Waals surface area contributed by atoms with Crippen LogP contribution in [0.2, 0.25) is 5.02 Å². The molecule has 0 bridgehead atoms. The van der Waals surface area contributed by atoms with E-state index in [1.165, 1.54) is 6.20 Å². The highest BCUT2D eigenvalue weighted by Crippen LogP contribution is 2.53. The summed E-state index contributed by atoms with van der Waals surface area (Å²) in [7, 11) is 0. The van der Waals surface area contributed by atoms with Crippen molar-refractivity contribution in [3.05, 3.63) is 33.3 Å². The Labute approximate surface area is 170 Å². The van der Waals surface area contributed by atoms with Crippen molar-refractivity contribution in [1.82, 2.24) is 4.57 Å². The lowest BCUT2D eigenvalue weighted by molar-refractivity contribution is 0.0771. The van der Waals surface area contributed by atoms with Crippen molar-refractivity contribution in [2.45, 2.75) is 38.3 Å². The molecule has 3 N–H and O–H groups in total. The Morgan fingerprint density at radius 2 is 2.17 bits per heavy atom. The molecule has 1 aliphatic heterocycles. The van der Waals surface area contributed by atoms with E-state index < -0.39 is 17.4 Å². The van der Waals surface area contributed by atoms with Crippen molar-refractivity contribution in [2.24, 2.45) is 17.1 Å². The Morgan fingerprint density at radius 3 is 2.76 bits per heavy atom. The summed E-state index contributed by atoms with van der Waals surface area (Å²) in [5.41, 5.74) is 6.19. The summed E-state index contributed by atoms with van der Waals surface area (Å²) in [6.45, 7) is 3.43. The first-order valence-corrected chi connectivity index (χ1v) is 10.1. The lowest BCUT2D eigenvalue weighted by Crippen LogP contribution is -2.53. The van der Waals surface area contributed by atoms with Crippen LogP contribution >= 0.6 is 11.6 Å². The molecular weight excluding hydrogens is 401 g/mol. The van der Waals surface area contributed by atoms with Crippen LogP contribution in [0.3, 0.4) is 0 Å². The molecule has 29 heavy (non-hydrogen) atoms. The highest BCUT2D eigenvalue weighted by atomic mass is 35.5. The summed E-state index contributed by atoms with van der Waals surface area (Å²) >= 11 is 6.70. The van der Waals surface area contributed by atoms with Gasteiger partial charge in [0.25, 0.3) is 0 Å². The topological polar surface area (TPSA) is 97.8 Å². The lowest BCUT2D eigenvalue weighted by Gasteiger charge is -2.46. The normalized spacial score (nSPS) is 28.3. The number of carboxylic acid groups (broad SMARTS) is 1. The Bertz CT molecular complexity index is 1120. The molecule has 3 aliphatic rings. The number of fused-ring (bicyclic) bond motifs is 2. The van der Waals surface area contributed by atoms with Crippen LogP contribution in [0.25, 0.3) is 10.9 Å². The third-order valence-corrected chi connectivity index (χ3v) is 7.05. The standard InChI is InChI=1S/C20H21ClFN3O4/c1-20-5-13(23)11(20)6-24(8-20)17-12(22)4-10-16(15(17)21)25(9-2-3-9)7-14(18(10)26)29-19(27)28/h4,7,9,11,13H,2-3,5-6,8,23H2,1H3,(H,27,28)/t11-,13-,20+/m0/s1. The fourth-order valence-electron chi connectivity index (χ4n) is 5.14. The van der Waals surface area contributed by atoms with E-state index in [0.29, 0.717) is 18.6 Å². The van der Waals surface area contributed by atoms with Gasteiger partial charge in [-0.05, 0) is 36.7 Å². The average Bonchev–Trinajstić information content (AvgIpc) is 3.42. The maximum Gasteiger partial charge on any atom is 0.511 e. The molecule has 2 heterocycles. The minimum Gasteiger partial charge on any atom is -0.449 e. The first-order valence-electron chi connectivity index (χ1n) is 9.68. The van der Waals surface area contributed by atoms with Gasteiger partial charge in [0.15, 0.2) is 5.75 Å². The Kier molecular flexibility index (Phi) is 3.93. The number of benzene rings is 1. The van der Waals surface area contributed by atoms with Crippen LogP contribution in [-0.2, 0) is 0 Å². The van der Waals surface area contributed by atoms with Crippen molar-refractivity contribution in [1.29, 1.82) is 0 Å². The molecule has 154 valence electrons. The van der Waals surface area contributed by atoms with Crippen LogP contribution in [0.4, 0.5) is 14.9 Å². The summed E-state index contributed by atoms with van der Waals surface area (Å²) in [6.07, 6.45) is 2.40. The molecule has 3 atom stereocenters. The molecule has 0 spiro atoms. The maximum atomic E-state index is 15.2. The quantitative estimate of drug-likeness (QED) is 0.737. The highest BCUT2D eigenvalue weighted by molar-refractivity contribution is 6.38. The SMILES string of the molecule is C[C@]12C[C@H](N)[C@@H]1CN(c1c(F)cc3c(=O)c(OC(=O)O)cn(C4CC4)c3c1Cl)C2. The number of carbonyl (C=O) groups is 1. The molecule has 2 saturated carbocycles. The minimum atomic E-state index is -1.59. The Balaban J connectivity index is 1.69. The van der Waals surface area contributed by atoms with Crippen LogP contribution < -0.4 is 20.8 Å². The first-order chi connectivity index (χ1) is 13.7. The molecule has 7 nitrogen and oxygen atoms in total. The predicted octanol–water partition coefficient (Wildman–Crippen LogP) is 3.36. The van der Waals surface area contributed by atoms with Gasteiger partial charge in [0.05, 0.1) is 27.8 Å². The third kappa shape index (κ3) is 2.73. The first kappa shape index (κ1) is 18.7. The van der Waals surface area contributed by atoms with Gasteiger partial charge in [0, 0.05) is 25.2 Å². The monoisotopic (exact) mass is 421 g/mol. The van der Waals surface area contributed by atoms with Crippen LogP contribution in [0.1, 0.15) is 32.2 Å². The zero-order valence-electron chi connectivity index (χ0n) is 15.8. The van der Waals surface area contributed by atoms with Crippen molar-refractivity contribution in [3.63, 3.8) is 0 Å². The zero-order chi connectivity index (χ0) is 20.7. The number of hydrogen-bond acceptors (Lipinski definition) is 5. The van der Waals surface area contributed by atoms with Gasteiger partial charge >= 0.3 is 6.16 Å². The molecule has 1 aromatic heterocycles. The van der Waals surface area contributed by atoms with Crippen LogP contribution in [0, 0.1) is 17.2 Å². The van der Waals surface area contributed by atoms with Crippen LogP contribution in [-0.4, -0.2) is 35.0 Å². The molecule has 0 amide bonds. The van der Waals surface area contributed by atoms with Crippen molar-refractivity contribution >= 4 is 34.3 Å². The molecule has 2 aliphatic carbocycles. The molecular formula is C20H21ClFN3O4. The van der Waals surface area contributed by atoms with Gasteiger partial charge in [-0.25, -0.2) is 9.18 Å². The van der Waals surface area contributed by atoms with Gasteiger partial charge in [-0.1, -0.05) is 18.5 Å². The third-order valence-electron chi connectivity index (χ3n) is 6.69. The predicted molar refractivity (Wildman–Crippen MR) is 107 cm³/mol. The van der Waals surface area contributed by atoms with Crippen molar-refractivity contribution in [2.75, 3.05) is 18.0 Å².